The molecule has 1 fully saturated rings. The summed E-state index contributed by atoms with van der Waals surface area (Å²) in [5.41, 5.74) is 0.437. The van der Waals surface area contributed by atoms with Crippen molar-refractivity contribution in [3.63, 3.8) is 0 Å². The van der Waals surface area contributed by atoms with E-state index in [1.165, 1.54) is 44.4 Å². The number of rotatable bonds is 6. The second-order valence-electron chi connectivity index (χ2n) is 5.26. The van der Waals surface area contributed by atoms with Crippen LogP contribution in [0, 0.1) is 0 Å². The Kier molecular flexibility index (Phi) is 5.87. The van der Waals surface area contributed by atoms with Gasteiger partial charge in [0.05, 0.1) is 27.3 Å². The van der Waals surface area contributed by atoms with Crippen molar-refractivity contribution in [1.82, 2.24) is 0 Å². The van der Waals surface area contributed by atoms with Gasteiger partial charge in [-0.05, 0) is 31.4 Å². The molecule has 1 aliphatic heterocycles. The highest BCUT2D eigenvalue weighted by atomic mass is 16.5. The topological polar surface area (TPSA) is 49.2 Å². The van der Waals surface area contributed by atoms with Crippen molar-refractivity contribution in [2.45, 2.75) is 19.3 Å². The van der Waals surface area contributed by atoms with E-state index in [0.29, 0.717) is 23.7 Å². The van der Waals surface area contributed by atoms with Crippen molar-refractivity contribution in [2.24, 2.45) is 0 Å². The number of likely N-dealkylation sites (tertiary alicyclic amines) is 1. The normalized spacial score (nSPS) is 15.5. The van der Waals surface area contributed by atoms with Gasteiger partial charge >= 0.3 is 5.97 Å². The molecule has 0 unspecified atom stereocenters. The molecular weight excluding hydrogens is 270 g/mol. The average Bonchev–Trinajstić information content (AvgIpc) is 2.55. The van der Waals surface area contributed by atoms with Gasteiger partial charge in [0.2, 0.25) is 0 Å². The molecule has 1 aromatic rings. The van der Waals surface area contributed by atoms with Gasteiger partial charge in [-0.1, -0.05) is 0 Å². The number of carbonyl (C=O) groups is 1. The molecular formula is C16H24NO4+. The fraction of sp³-hybridized carbons (Fsp3) is 0.562. The van der Waals surface area contributed by atoms with Crippen molar-refractivity contribution in [3.8, 4) is 11.5 Å². The summed E-state index contributed by atoms with van der Waals surface area (Å²) < 4.78 is 15.7. The lowest BCUT2D eigenvalue weighted by Crippen LogP contribution is -3.13. The van der Waals surface area contributed by atoms with Gasteiger partial charge < -0.3 is 19.1 Å². The number of quaternary nitrogens is 1. The number of ether oxygens (including phenoxy) is 3. The third kappa shape index (κ3) is 4.36. The number of hydrogen-bond acceptors (Lipinski definition) is 4. The monoisotopic (exact) mass is 294 g/mol. The molecule has 0 aromatic heterocycles. The molecule has 0 radical (unpaired) electrons. The molecule has 1 aliphatic rings. The smallest absolute Gasteiger partial charge is 0.342 e. The van der Waals surface area contributed by atoms with E-state index in [9.17, 15) is 4.79 Å². The maximum Gasteiger partial charge on any atom is 0.342 e. The Morgan fingerprint density at radius 2 is 1.90 bits per heavy atom. The van der Waals surface area contributed by atoms with Crippen LogP contribution in [0.25, 0.3) is 0 Å². The van der Waals surface area contributed by atoms with Gasteiger partial charge in [-0.3, -0.25) is 0 Å². The predicted octanol–water partition coefficient (Wildman–Crippen LogP) is 0.929. The largest absolute Gasteiger partial charge is 0.497 e. The van der Waals surface area contributed by atoms with E-state index in [4.69, 9.17) is 14.2 Å². The predicted molar refractivity (Wildman–Crippen MR) is 79.2 cm³/mol. The third-order valence-electron chi connectivity index (χ3n) is 3.88. The summed E-state index contributed by atoms with van der Waals surface area (Å²) in [5.74, 6) is 0.789. The summed E-state index contributed by atoms with van der Waals surface area (Å²) in [6.07, 6.45) is 3.87. The summed E-state index contributed by atoms with van der Waals surface area (Å²) in [6, 6.07) is 5.09. The van der Waals surface area contributed by atoms with E-state index in [2.05, 4.69) is 0 Å². The molecule has 0 saturated carbocycles. The Morgan fingerprint density at radius 3 is 2.57 bits per heavy atom. The fourth-order valence-electron chi connectivity index (χ4n) is 2.63. The van der Waals surface area contributed by atoms with E-state index >= 15 is 0 Å². The molecule has 0 atom stereocenters. The minimum Gasteiger partial charge on any atom is -0.497 e. The van der Waals surface area contributed by atoms with Crippen LogP contribution in [0.5, 0.6) is 11.5 Å². The fourth-order valence-corrected chi connectivity index (χ4v) is 2.63. The molecule has 0 aliphatic carbocycles. The number of esters is 1. The van der Waals surface area contributed by atoms with Crippen LogP contribution in [-0.2, 0) is 4.74 Å². The lowest BCUT2D eigenvalue weighted by molar-refractivity contribution is -0.905. The van der Waals surface area contributed by atoms with Crippen LogP contribution in [-0.4, -0.2) is 46.4 Å². The van der Waals surface area contributed by atoms with E-state index in [0.717, 1.165) is 6.54 Å². The van der Waals surface area contributed by atoms with Crippen molar-refractivity contribution in [2.75, 3.05) is 40.5 Å². The van der Waals surface area contributed by atoms with Gasteiger partial charge in [0, 0.05) is 6.07 Å². The Bertz CT molecular complexity index is 469. The quantitative estimate of drug-likeness (QED) is 0.793. The Morgan fingerprint density at radius 1 is 1.14 bits per heavy atom. The van der Waals surface area contributed by atoms with Gasteiger partial charge in [0.15, 0.2) is 0 Å². The van der Waals surface area contributed by atoms with Crippen molar-refractivity contribution >= 4 is 5.97 Å². The number of hydrogen-bond donors (Lipinski definition) is 1. The molecule has 5 heteroatoms. The molecule has 0 spiro atoms. The first-order chi connectivity index (χ1) is 10.2. The molecule has 5 nitrogen and oxygen atoms in total. The molecule has 21 heavy (non-hydrogen) atoms. The number of piperidine rings is 1. The van der Waals surface area contributed by atoms with Crippen LogP contribution >= 0.6 is 0 Å². The second-order valence-corrected chi connectivity index (χ2v) is 5.26. The lowest BCUT2D eigenvalue weighted by atomic mass is 10.1. The summed E-state index contributed by atoms with van der Waals surface area (Å²) in [6.45, 7) is 3.69. The average molecular weight is 294 g/mol. The van der Waals surface area contributed by atoms with E-state index in [1.807, 2.05) is 0 Å². The highest BCUT2D eigenvalue weighted by molar-refractivity contribution is 5.92. The SMILES string of the molecule is COc1ccc(C(=O)OCC[NH+]2CCCCC2)c(OC)c1. The van der Waals surface area contributed by atoms with Crippen LogP contribution in [0.15, 0.2) is 18.2 Å². The van der Waals surface area contributed by atoms with E-state index in [-0.39, 0.29) is 5.97 Å². The van der Waals surface area contributed by atoms with Crippen molar-refractivity contribution in [1.29, 1.82) is 0 Å². The molecule has 116 valence electrons. The van der Waals surface area contributed by atoms with E-state index < -0.39 is 0 Å². The van der Waals surface area contributed by atoms with Crippen molar-refractivity contribution in [3.05, 3.63) is 23.8 Å². The van der Waals surface area contributed by atoms with Gasteiger partial charge in [0.1, 0.15) is 30.2 Å². The first kappa shape index (κ1) is 15.6. The Labute approximate surface area is 125 Å². The number of methoxy groups -OCH3 is 2. The molecule has 0 bridgehead atoms. The van der Waals surface area contributed by atoms with Crippen LogP contribution in [0.1, 0.15) is 29.6 Å². The Balaban J connectivity index is 1.87. The van der Waals surface area contributed by atoms with Crippen LogP contribution < -0.4 is 14.4 Å². The lowest BCUT2D eigenvalue weighted by Gasteiger charge is -2.23. The van der Waals surface area contributed by atoms with Crippen LogP contribution in [0.2, 0.25) is 0 Å². The number of carbonyl (C=O) groups excluding carboxylic acids is 1. The first-order valence-corrected chi connectivity index (χ1v) is 7.47. The number of benzene rings is 1. The highest BCUT2D eigenvalue weighted by Crippen LogP contribution is 2.25. The number of nitrogens with one attached hydrogen (secondary N) is 1. The third-order valence-corrected chi connectivity index (χ3v) is 3.88. The molecule has 1 aromatic carbocycles. The van der Waals surface area contributed by atoms with Gasteiger partial charge in [-0.15, -0.1) is 0 Å². The minimum absolute atomic E-state index is 0.342. The maximum absolute atomic E-state index is 12.1. The van der Waals surface area contributed by atoms with Crippen molar-refractivity contribution < 1.29 is 23.9 Å². The molecule has 0 amide bonds. The molecule has 1 heterocycles. The zero-order valence-electron chi connectivity index (χ0n) is 12.8. The van der Waals surface area contributed by atoms with Crippen LogP contribution in [0.3, 0.4) is 0 Å². The second kappa shape index (κ2) is 7.88. The summed E-state index contributed by atoms with van der Waals surface area (Å²) in [5, 5.41) is 0. The molecule has 2 rings (SSSR count). The van der Waals surface area contributed by atoms with Gasteiger partial charge in [0.25, 0.3) is 0 Å². The van der Waals surface area contributed by atoms with Crippen LogP contribution in [0.4, 0.5) is 0 Å². The van der Waals surface area contributed by atoms with Gasteiger partial charge in [-0.2, -0.15) is 0 Å². The molecule has 1 N–H and O–H groups in total. The zero-order valence-corrected chi connectivity index (χ0v) is 12.8. The van der Waals surface area contributed by atoms with E-state index in [1.54, 1.807) is 25.3 Å². The van der Waals surface area contributed by atoms with Gasteiger partial charge in [-0.25, -0.2) is 4.79 Å². The minimum atomic E-state index is -0.342. The standard InChI is InChI=1S/C16H23NO4/c1-19-13-6-7-14(15(12-13)20-2)16(18)21-11-10-17-8-4-3-5-9-17/h6-7,12H,3-5,8-11H2,1-2H3/p+1. The molecule has 1 saturated heterocycles. The summed E-state index contributed by atoms with van der Waals surface area (Å²) >= 11 is 0. The highest BCUT2D eigenvalue weighted by Gasteiger charge is 2.17. The summed E-state index contributed by atoms with van der Waals surface area (Å²) in [7, 11) is 3.11. The maximum atomic E-state index is 12.1. The Hall–Kier alpha value is -1.75. The zero-order chi connectivity index (χ0) is 15.1. The summed E-state index contributed by atoms with van der Waals surface area (Å²) in [4.78, 5) is 13.6. The first-order valence-electron chi connectivity index (χ1n) is 7.47.